The molecule has 0 radical (unpaired) electrons. The molecule has 0 aromatic rings. The number of β-amino-alcohol motifs (C(OH)–C–C–N with tert-alkyl or cyclic N) is 1. The van der Waals surface area contributed by atoms with Crippen LogP contribution in [-0.4, -0.2) is 34.0 Å². The molecule has 78 valence electrons. The van der Waals surface area contributed by atoms with Gasteiger partial charge in [0.05, 0.1) is 12.1 Å². The SMILES string of the molecule is CC1CC(=O)N(CC2(O)CCC2)C1=O. The zero-order chi connectivity index (χ0) is 10.3. The van der Waals surface area contributed by atoms with Crippen molar-refractivity contribution in [3.63, 3.8) is 0 Å². The van der Waals surface area contributed by atoms with Crippen molar-refractivity contribution < 1.29 is 14.7 Å². The zero-order valence-electron chi connectivity index (χ0n) is 8.32. The quantitative estimate of drug-likeness (QED) is 0.647. The van der Waals surface area contributed by atoms with Crippen LogP contribution in [0.3, 0.4) is 0 Å². The van der Waals surface area contributed by atoms with Crippen molar-refractivity contribution in [2.24, 2.45) is 5.92 Å². The van der Waals surface area contributed by atoms with Gasteiger partial charge in [-0.05, 0) is 19.3 Å². The lowest BCUT2D eigenvalue weighted by Gasteiger charge is -2.38. The maximum Gasteiger partial charge on any atom is 0.232 e. The summed E-state index contributed by atoms with van der Waals surface area (Å²) in [4.78, 5) is 24.2. The number of carbonyl (C=O) groups excluding carboxylic acids is 2. The number of likely N-dealkylation sites (tertiary alicyclic amines) is 1. The summed E-state index contributed by atoms with van der Waals surface area (Å²) < 4.78 is 0. The number of amides is 2. The maximum absolute atomic E-state index is 11.5. The van der Waals surface area contributed by atoms with Crippen molar-refractivity contribution in [2.75, 3.05) is 6.54 Å². The van der Waals surface area contributed by atoms with Crippen LogP contribution in [0, 0.1) is 5.92 Å². The van der Waals surface area contributed by atoms with E-state index in [0.29, 0.717) is 19.3 Å². The Morgan fingerprint density at radius 3 is 2.50 bits per heavy atom. The van der Waals surface area contributed by atoms with Gasteiger partial charge in [-0.25, -0.2) is 0 Å². The summed E-state index contributed by atoms with van der Waals surface area (Å²) in [6.45, 7) is 1.96. The lowest BCUT2D eigenvalue weighted by Crippen LogP contribution is -2.49. The van der Waals surface area contributed by atoms with Crippen molar-refractivity contribution >= 4 is 11.8 Å². The summed E-state index contributed by atoms with van der Waals surface area (Å²) in [7, 11) is 0. The minimum atomic E-state index is -0.782. The summed E-state index contributed by atoms with van der Waals surface area (Å²) in [6.07, 6.45) is 2.70. The van der Waals surface area contributed by atoms with Gasteiger partial charge < -0.3 is 5.11 Å². The first-order valence-corrected chi connectivity index (χ1v) is 5.08. The molecule has 1 heterocycles. The first-order chi connectivity index (χ1) is 6.52. The molecule has 1 N–H and O–H groups in total. The fourth-order valence-corrected chi connectivity index (χ4v) is 2.05. The minimum Gasteiger partial charge on any atom is -0.388 e. The predicted molar refractivity (Wildman–Crippen MR) is 49.3 cm³/mol. The summed E-state index contributed by atoms with van der Waals surface area (Å²) >= 11 is 0. The van der Waals surface area contributed by atoms with Crippen LogP contribution in [0.15, 0.2) is 0 Å². The van der Waals surface area contributed by atoms with Crippen LogP contribution < -0.4 is 0 Å². The van der Waals surface area contributed by atoms with E-state index in [1.54, 1.807) is 6.92 Å². The Bertz CT molecular complexity index is 283. The Morgan fingerprint density at radius 2 is 2.14 bits per heavy atom. The molecule has 2 amide bonds. The van der Waals surface area contributed by atoms with Crippen LogP contribution >= 0.6 is 0 Å². The molecular weight excluding hydrogens is 182 g/mol. The Morgan fingerprint density at radius 1 is 1.50 bits per heavy atom. The molecule has 0 aromatic heterocycles. The van der Waals surface area contributed by atoms with Crippen LogP contribution in [0.2, 0.25) is 0 Å². The van der Waals surface area contributed by atoms with E-state index in [1.807, 2.05) is 0 Å². The van der Waals surface area contributed by atoms with E-state index in [4.69, 9.17) is 0 Å². The van der Waals surface area contributed by atoms with Gasteiger partial charge in [0.2, 0.25) is 11.8 Å². The number of nitrogens with zero attached hydrogens (tertiary/aromatic N) is 1. The monoisotopic (exact) mass is 197 g/mol. The average Bonchev–Trinajstić information content (AvgIpc) is 2.29. The van der Waals surface area contributed by atoms with Crippen molar-refractivity contribution in [3.8, 4) is 0 Å². The molecule has 1 saturated heterocycles. The first kappa shape index (κ1) is 9.65. The van der Waals surface area contributed by atoms with Gasteiger partial charge in [0.15, 0.2) is 0 Å². The van der Waals surface area contributed by atoms with E-state index in [2.05, 4.69) is 0 Å². The summed E-state index contributed by atoms with van der Waals surface area (Å²) in [5, 5.41) is 9.85. The second kappa shape index (κ2) is 3.05. The van der Waals surface area contributed by atoms with Crippen molar-refractivity contribution in [1.29, 1.82) is 0 Å². The van der Waals surface area contributed by atoms with Gasteiger partial charge in [-0.1, -0.05) is 6.92 Å². The summed E-state index contributed by atoms with van der Waals surface area (Å²) in [5.41, 5.74) is -0.782. The highest BCUT2D eigenvalue weighted by Crippen LogP contribution is 2.34. The van der Waals surface area contributed by atoms with E-state index in [9.17, 15) is 14.7 Å². The van der Waals surface area contributed by atoms with Crippen LogP contribution in [0.1, 0.15) is 32.6 Å². The Hall–Kier alpha value is -0.900. The van der Waals surface area contributed by atoms with Gasteiger partial charge in [-0.2, -0.15) is 0 Å². The Labute approximate surface area is 82.9 Å². The van der Waals surface area contributed by atoms with Crippen molar-refractivity contribution in [1.82, 2.24) is 4.90 Å². The fourth-order valence-electron chi connectivity index (χ4n) is 2.05. The summed E-state index contributed by atoms with van der Waals surface area (Å²) in [6, 6.07) is 0. The highest BCUT2D eigenvalue weighted by molar-refractivity contribution is 6.03. The van der Waals surface area contributed by atoms with Gasteiger partial charge >= 0.3 is 0 Å². The van der Waals surface area contributed by atoms with Crippen LogP contribution in [-0.2, 0) is 9.59 Å². The van der Waals surface area contributed by atoms with Gasteiger partial charge in [0.1, 0.15) is 0 Å². The van der Waals surface area contributed by atoms with Gasteiger partial charge in [0, 0.05) is 12.3 Å². The van der Waals surface area contributed by atoms with E-state index in [0.717, 1.165) is 6.42 Å². The average molecular weight is 197 g/mol. The molecule has 0 aromatic carbocycles. The van der Waals surface area contributed by atoms with Crippen LogP contribution in [0.4, 0.5) is 0 Å². The predicted octanol–water partition coefficient (Wildman–Crippen LogP) is 0.296. The standard InChI is InChI=1S/C10H15NO3/c1-7-5-8(12)11(9(7)13)6-10(14)3-2-4-10/h7,14H,2-6H2,1H3. The normalized spacial score (nSPS) is 30.7. The summed E-state index contributed by atoms with van der Waals surface area (Å²) in [5.74, 6) is -0.468. The lowest BCUT2D eigenvalue weighted by molar-refractivity contribution is -0.146. The molecule has 1 saturated carbocycles. The smallest absolute Gasteiger partial charge is 0.232 e. The number of carbonyl (C=O) groups is 2. The third-order valence-corrected chi connectivity index (χ3v) is 3.21. The molecule has 0 spiro atoms. The number of aliphatic hydroxyl groups is 1. The Kier molecular flexibility index (Phi) is 2.10. The molecule has 4 heteroatoms. The van der Waals surface area contributed by atoms with Crippen LogP contribution in [0.25, 0.3) is 0 Å². The molecule has 1 aliphatic heterocycles. The minimum absolute atomic E-state index is 0.129. The molecule has 2 fully saturated rings. The van der Waals surface area contributed by atoms with Gasteiger partial charge in [0.25, 0.3) is 0 Å². The second-order valence-corrected chi connectivity index (χ2v) is 4.50. The highest BCUT2D eigenvalue weighted by atomic mass is 16.3. The fraction of sp³-hybridized carbons (Fsp3) is 0.800. The third-order valence-electron chi connectivity index (χ3n) is 3.21. The Balaban J connectivity index is 2.03. The van der Waals surface area contributed by atoms with E-state index >= 15 is 0 Å². The van der Waals surface area contributed by atoms with E-state index in [-0.39, 0.29) is 24.3 Å². The first-order valence-electron chi connectivity index (χ1n) is 5.08. The number of hydrogen-bond donors (Lipinski definition) is 1. The topological polar surface area (TPSA) is 57.6 Å². The second-order valence-electron chi connectivity index (χ2n) is 4.50. The van der Waals surface area contributed by atoms with Crippen LogP contribution in [0.5, 0.6) is 0 Å². The molecule has 1 unspecified atom stereocenters. The number of imide groups is 1. The molecular formula is C10H15NO3. The zero-order valence-corrected chi connectivity index (χ0v) is 8.32. The maximum atomic E-state index is 11.5. The molecule has 2 aliphatic rings. The molecule has 1 aliphatic carbocycles. The molecule has 2 rings (SSSR count). The number of rotatable bonds is 2. The molecule has 1 atom stereocenters. The highest BCUT2D eigenvalue weighted by Gasteiger charge is 2.43. The van der Waals surface area contributed by atoms with Gasteiger partial charge in [-0.3, -0.25) is 14.5 Å². The molecule has 14 heavy (non-hydrogen) atoms. The third kappa shape index (κ3) is 1.43. The number of hydrogen-bond acceptors (Lipinski definition) is 3. The van der Waals surface area contributed by atoms with E-state index < -0.39 is 5.60 Å². The van der Waals surface area contributed by atoms with Crippen molar-refractivity contribution in [2.45, 2.75) is 38.2 Å². The van der Waals surface area contributed by atoms with Gasteiger partial charge in [-0.15, -0.1) is 0 Å². The molecule has 0 bridgehead atoms. The van der Waals surface area contributed by atoms with Crippen molar-refractivity contribution in [3.05, 3.63) is 0 Å². The molecule has 4 nitrogen and oxygen atoms in total. The lowest BCUT2D eigenvalue weighted by atomic mass is 9.80. The largest absolute Gasteiger partial charge is 0.388 e. The van der Waals surface area contributed by atoms with E-state index in [1.165, 1.54) is 4.90 Å².